The van der Waals surface area contributed by atoms with E-state index in [1.807, 2.05) is 13.8 Å². The average Bonchev–Trinajstić information content (AvgIpc) is 1.84. The van der Waals surface area contributed by atoms with Gasteiger partial charge in [0.2, 0.25) is 0 Å². The lowest BCUT2D eigenvalue weighted by Gasteiger charge is -2.24. The number of nitrogens with zero attached hydrogens (tertiary/aromatic N) is 1. The topological polar surface area (TPSA) is 66.6 Å². The second-order valence-electron chi connectivity index (χ2n) is 2.56. The van der Waals surface area contributed by atoms with Gasteiger partial charge in [-0.25, -0.2) is 5.01 Å². The van der Waals surface area contributed by atoms with Crippen LogP contribution < -0.4 is 5.84 Å². The van der Waals surface area contributed by atoms with Crippen LogP contribution in [0.5, 0.6) is 0 Å². The number of nitrogens with two attached hydrogens (primary N) is 1. The zero-order valence-electron chi connectivity index (χ0n) is 6.53. The predicted octanol–water partition coefficient (Wildman–Crippen LogP) is 0.0436. The average molecular weight is 146 g/mol. The van der Waals surface area contributed by atoms with E-state index in [1.54, 1.807) is 6.92 Å². The Hall–Kier alpha value is -0.610. The Morgan fingerprint density at radius 1 is 1.50 bits per heavy atom. The van der Waals surface area contributed by atoms with Gasteiger partial charge >= 0.3 is 5.97 Å². The summed E-state index contributed by atoms with van der Waals surface area (Å²) in [4.78, 5) is 10.3. The van der Waals surface area contributed by atoms with Crippen molar-refractivity contribution in [3.05, 3.63) is 0 Å². The maximum atomic E-state index is 10.3. The Morgan fingerprint density at radius 2 is 1.90 bits per heavy atom. The molecule has 4 heteroatoms. The molecule has 0 radical (unpaired) electrons. The molecular weight excluding hydrogens is 132 g/mol. The van der Waals surface area contributed by atoms with Crippen molar-refractivity contribution in [2.75, 3.05) is 0 Å². The summed E-state index contributed by atoms with van der Waals surface area (Å²) < 4.78 is 0. The fourth-order valence-corrected chi connectivity index (χ4v) is 0.575. The van der Waals surface area contributed by atoms with Crippen molar-refractivity contribution in [1.29, 1.82) is 0 Å². The lowest BCUT2D eigenvalue weighted by Crippen LogP contribution is -2.48. The Bertz CT molecular complexity index is 125. The molecule has 1 atom stereocenters. The van der Waals surface area contributed by atoms with Crippen LogP contribution in [0.15, 0.2) is 0 Å². The van der Waals surface area contributed by atoms with Crippen molar-refractivity contribution in [3.8, 4) is 0 Å². The minimum Gasteiger partial charge on any atom is -0.480 e. The molecule has 0 aliphatic rings. The molecule has 1 unspecified atom stereocenters. The van der Waals surface area contributed by atoms with Gasteiger partial charge in [-0.05, 0) is 20.8 Å². The number of rotatable bonds is 3. The maximum Gasteiger partial charge on any atom is 0.322 e. The first-order valence-electron chi connectivity index (χ1n) is 3.22. The molecule has 0 heterocycles. The van der Waals surface area contributed by atoms with E-state index in [0.29, 0.717) is 0 Å². The van der Waals surface area contributed by atoms with Crippen LogP contribution in [0.1, 0.15) is 20.8 Å². The monoisotopic (exact) mass is 146 g/mol. The lowest BCUT2D eigenvalue weighted by atomic mass is 10.3. The molecule has 0 spiro atoms. The first-order valence-corrected chi connectivity index (χ1v) is 3.22. The predicted molar refractivity (Wildman–Crippen MR) is 38.3 cm³/mol. The third-order valence-electron chi connectivity index (χ3n) is 1.40. The number of hydrazine groups is 1. The SMILES string of the molecule is CC(C)N(N)C(C)C(=O)O. The molecule has 0 rings (SSSR count). The highest BCUT2D eigenvalue weighted by Gasteiger charge is 2.18. The number of carboxylic acids is 1. The molecule has 0 amide bonds. The smallest absolute Gasteiger partial charge is 0.322 e. The zero-order valence-corrected chi connectivity index (χ0v) is 6.53. The second kappa shape index (κ2) is 3.53. The van der Waals surface area contributed by atoms with Crippen LogP contribution in [0.2, 0.25) is 0 Å². The molecule has 4 nitrogen and oxygen atoms in total. The van der Waals surface area contributed by atoms with Crippen LogP contribution in [-0.4, -0.2) is 28.2 Å². The summed E-state index contributed by atoms with van der Waals surface area (Å²) in [6, 6.07) is -0.550. The van der Waals surface area contributed by atoms with Gasteiger partial charge < -0.3 is 5.11 Å². The summed E-state index contributed by atoms with van der Waals surface area (Å²) in [5.74, 6) is 4.52. The summed E-state index contributed by atoms with van der Waals surface area (Å²) in [6.45, 7) is 5.25. The van der Waals surface area contributed by atoms with Crippen molar-refractivity contribution in [2.24, 2.45) is 5.84 Å². The Kier molecular flexibility index (Phi) is 3.32. The van der Waals surface area contributed by atoms with Crippen molar-refractivity contribution < 1.29 is 9.90 Å². The first kappa shape index (κ1) is 9.39. The van der Waals surface area contributed by atoms with Crippen molar-refractivity contribution in [1.82, 2.24) is 5.01 Å². The molecule has 60 valence electrons. The summed E-state index contributed by atoms with van der Waals surface area (Å²) in [5, 5.41) is 9.79. The van der Waals surface area contributed by atoms with E-state index in [9.17, 15) is 4.79 Å². The van der Waals surface area contributed by atoms with E-state index >= 15 is 0 Å². The van der Waals surface area contributed by atoms with Gasteiger partial charge in [-0.1, -0.05) is 0 Å². The largest absolute Gasteiger partial charge is 0.480 e. The summed E-state index contributed by atoms with van der Waals surface area (Å²) in [6.07, 6.45) is 0. The van der Waals surface area contributed by atoms with Crippen LogP contribution >= 0.6 is 0 Å². The maximum absolute atomic E-state index is 10.3. The Morgan fingerprint density at radius 3 is 2.00 bits per heavy atom. The quantitative estimate of drug-likeness (QED) is 0.436. The summed E-state index contributed by atoms with van der Waals surface area (Å²) in [5.41, 5.74) is 0. The normalized spacial score (nSPS) is 14.2. The first-order chi connectivity index (χ1) is 4.46. The Labute approximate surface area is 60.6 Å². The molecule has 0 aromatic heterocycles. The molecule has 0 saturated heterocycles. The van der Waals surface area contributed by atoms with Crippen LogP contribution in [0.3, 0.4) is 0 Å². The van der Waals surface area contributed by atoms with E-state index < -0.39 is 12.0 Å². The lowest BCUT2D eigenvalue weighted by molar-refractivity contribution is -0.143. The summed E-state index contributed by atoms with van der Waals surface area (Å²) in [7, 11) is 0. The van der Waals surface area contributed by atoms with Crippen molar-refractivity contribution in [2.45, 2.75) is 32.9 Å². The number of hydrogen-bond donors (Lipinski definition) is 2. The van der Waals surface area contributed by atoms with Gasteiger partial charge in [0.1, 0.15) is 6.04 Å². The third-order valence-corrected chi connectivity index (χ3v) is 1.40. The number of carbonyl (C=O) groups is 1. The molecule has 0 saturated carbocycles. The minimum absolute atomic E-state index is 0.0612. The van der Waals surface area contributed by atoms with Gasteiger partial charge in [0.25, 0.3) is 0 Å². The fraction of sp³-hybridized carbons (Fsp3) is 0.833. The zero-order chi connectivity index (χ0) is 8.31. The van der Waals surface area contributed by atoms with Gasteiger partial charge in [0.15, 0.2) is 0 Å². The minimum atomic E-state index is -0.892. The van der Waals surface area contributed by atoms with Crippen LogP contribution in [-0.2, 0) is 4.79 Å². The van der Waals surface area contributed by atoms with Gasteiger partial charge in [-0.2, -0.15) is 0 Å². The molecule has 0 bridgehead atoms. The summed E-state index contributed by atoms with van der Waals surface area (Å²) >= 11 is 0. The number of carboxylic acid groups (broad SMARTS) is 1. The number of hydrogen-bond acceptors (Lipinski definition) is 3. The fourth-order valence-electron chi connectivity index (χ4n) is 0.575. The van der Waals surface area contributed by atoms with Gasteiger partial charge in [0.05, 0.1) is 0 Å². The molecule has 0 aliphatic heterocycles. The van der Waals surface area contributed by atoms with E-state index in [4.69, 9.17) is 10.9 Å². The van der Waals surface area contributed by atoms with Crippen molar-refractivity contribution >= 4 is 5.97 Å². The van der Waals surface area contributed by atoms with Gasteiger partial charge in [0, 0.05) is 6.04 Å². The third kappa shape index (κ3) is 2.33. The van der Waals surface area contributed by atoms with E-state index in [-0.39, 0.29) is 6.04 Å². The molecule has 3 N–H and O–H groups in total. The molecule has 10 heavy (non-hydrogen) atoms. The van der Waals surface area contributed by atoms with Crippen molar-refractivity contribution in [3.63, 3.8) is 0 Å². The Balaban J connectivity index is 3.94. The van der Waals surface area contributed by atoms with E-state index in [1.165, 1.54) is 5.01 Å². The molecule has 0 aromatic rings. The molecular formula is C6H14N2O2. The standard InChI is InChI=1S/C6H14N2O2/c1-4(2)8(7)5(3)6(9)10/h4-5H,7H2,1-3H3,(H,9,10). The second-order valence-corrected chi connectivity index (χ2v) is 2.56. The van der Waals surface area contributed by atoms with Crippen LogP contribution in [0, 0.1) is 0 Å². The highest BCUT2D eigenvalue weighted by molar-refractivity contribution is 5.72. The number of aliphatic carboxylic acids is 1. The molecule has 0 aliphatic carbocycles. The highest BCUT2D eigenvalue weighted by Crippen LogP contribution is 1.97. The van der Waals surface area contributed by atoms with E-state index in [2.05, 4.69) is 0 Å². The van der Waals surface area contributed by atoms with Gasteiger partial charge in [-0.15, -0.1) is 0 Å². The highest BCUT2D eigenvalue weighted by atomic mass is 16.4. The molecule has 0 fully saturated rings. The molecule has 0 aromatic carbocycles. The van der Waals surface area contributed by atoms with Crippen LogP contribution in [0.25, 0.3) is 0 Å². The van der Waals surface area contributed by atoms with E-state index in [0.717, 1.165) is 0 Å². The van der Waals surface area contributed by atoms with Gasteiger partial charge in [-0.3, -0.25) is 10.6 Å². The van der Waals surface area contributed by atoms with Crippen LogP contribution in [0.4, 0.5) is 0 Å².